The molecule has 2 rings (SSSR count). The van der Waals surface area contributed by atoms with Gasteiger partial charge in [0.2, 0.25) is 0 Å². The summed E-state index contributed by atoms with van der Waals surface area (Å²) >= 11 is 0. The standard InChI is InChI=1S/C13H13NO2/c1-2-3-10-4-6-11(7-5-10)14-12(15)8-9-13(14)16/h4-9H,2-3H2,1H3. The van der Waals surface area contributed by atoms with Crippen LogP contribution in [0.2, 0.25) is 0 Å². The number of benzene rings is 1. The highest BCUT2D eigenvalue weighted by molar-refractivity contribution is 6.28. The Kier molecular flexibility index (Phi) is 2.86. The van der Waals surface area contributed by atoms with Crippen molar-refractivity contribution in [3.8, 4) is 0 Å². The molecule has 0 spiro atoms. The molecule has 1 aromatic rings. The van der Waals surface area contributed by atoms with Crippen LogP contribution in [0.1, 0.15) is 18.9 Å². The molecule has 0 saturated heterocycles. The number of rotatable bonds is 3. The molecule has 82 valence electrons. The highest BCUT2D eigenvalue weighted by Gasteiger charge is 2.24. The van der Waals surface area contributed by atoms with Crippen molar-refractivity contribution in [3.63, 3.8) is 0 Å². The van der Waals surface area contributed by atoms with E-state index in [2.05, 4.69) is 6.92 Å². The summed E-state index contributed by atoms with van der Waals surface area (Å²) in [6, 6.07) is 7.54. The van der Waals surface area contributed by atoms with Crippen LogP contribution >= 0.6 is 0 Å². The second-order valence-electron chi connectivity index (χ2n) is 3.76. The van der Waals surface area contributed by atoms with Crippen molar-refractivity contribution in [2.24, 2.45) is 0 Å². The second-order valence-corrected chi connectivity index (χ2v) is 3.76. The molecular formula is C13H13NO2. The lowest BCUT2D eigenvalue weighted by atomic mass is 10.1. The summed E-state index contributed by atoms with van der Waals surface area (Å²) in [4.78, 5) is 24.0. The van der Waals surface area contributed by atoms with Crippen LogP contribution in [0.15, 0.2) is 36.4 Å². The summed E-state index contributed by atoms with van der Waals surface area (Å²) in [7, 11) is 0. The highest BCUT2D eigenvalue weighted by atomic mass is 16.2. The van der Waals surface area contributed by atoms with Crippen molar-refractivity contribution in [1.29, 1.82) is 0 Å². The lowest BCUT2D eigenvalue weighted by Gasteiger charge is -2.13. The summed E-state index contributed by atoms with van der Waals surface area (Å²) in [5.74, 6) is -0.540. The fraction of sp³-hybridized carbons (Fsp3) is 0.231. The Morgan fingerprint density at radius 1 is 1.00 bits per heavy atom. The van der Waals surface area contributed by atoms with Crippen LogP contribution in [-0.4, -0.2) is 11.8 Å². The van der Waals surface area contributed by atoms with Gasteiger partial charge in [0.25, 0.3) is 11.8 Å². The maximum absolute atomic E-state index is 11.4. The van der Waals surface area contributed by atoms with Gasteiger partial charge in [-0.15, -0.1) is 0 Å². The SMILES string of the molecule is CCCc1ccc(N2C(=O)C=CC2=O)cc1. The molecule has 2 amide bonds. The van der Waals surface area contributed by atoms with Gasteiger partial charge in [0, 0.05) is 12.2 Å². The molecule has 0 fully saturated rings. The van der Waals surface area contributed by atoms with E-state index in [0.29, 0.717) is 5.69 Å². The van der Waals surface area contributed by atoms with Gasteiger partial charge in [-0.3, -0.25) is 9.59 Å². The molecule has 0 bridgehead atoms. The molecule has 3 heteroatoms. The van der Waals surface area contributed by atoms with Crippen LogP contribution < -0.4 is 4.90 Å². The predicted molar refractivity (Wildman–Crippen MR) is 62.1 cm³/mol. The highest BCUT2D eigenvalue weighted by Crippen LogP contribution is 2.19. The Morgan fingerprint density at radius 3 is 2.06 bits per heavy atom. The molecule has 0 aliphatic carbocycles. The van der Waals surface area contributed by atoms with Gasteiger partial charge in [0.05, 0.1) is 5.69 Å². The minimum Gasteiger partial charge on any atom is -0.269 e. The summed E-state index contributed by atoms with van der Waals surface area (Å²) in [5.41, 5.74) is 1.86. The van der Waals surface area contributed by atoms with Gasteiger partial charge in [0.1, 0.15) is 0 Å². The average molecular weight is 215 g/mol. The summed E-state index contributed by atoms with van der Waals surface area (Å²) < 4.78 is 0. The zero-order valence-corrected chi connectivity index (χ0v) is 9.14. The topological polar surface area (TPSA) is 37.4 Å². The molecule has 0 unspecified atom stereocenters. The van der Waals surface area contributed by atoms with E-state index in [0.717, 1.165) is 12.8 Å². The molecule has 0 radical (unpaired) electrons. The fourth-order valence-corrected chi connectivity index (χ4v) is 1.76. The summed E-state index contributed by atoms with van der Waals surface area (Å²) in [6.07, 6.45) is 4.69. The Bertz CT molecular complexity index is 428. The monoisotopic (exact) mass is 215 g/mol. The van der Waals surface area contributed by atoms with Crippen molar-refractivity contribution < 1.29 is 9.59 Å². The lowest BCUT2D eigenvalue weighted by molar-refractivity contribution is -0.119. The van der Waals surface area contributed by atoms with E-state index in [1.807, 2.05) is 24.3 Å². The maximum atomic E-state index is 11.4. The van der Waals surface area contributed by atoms with Gasteiger partial charge in [-0.2, -0.15) is 0 Å². The number of hydrogen-bond acceptors (Lipinski definition) is 2. The molecule has 16 heavy (non-hydrogen) atoms. The van der Waals surface area contributed by atoms with Crippen molar-refractivity contribution in [3.05, 3.63) is 42.0 Å². The van der Waals surface area contributed by atoms with E-state index < -0.39 is 0 Å². The van der Waals surface area contributed by atoms with E-state index >= 15 is 0 Å². The Labute approximate surface area is 94.4 Å². The molecule has 3 nitrogen and oxygen atoms in total. The van der Waals surface area contributed by atoms with E-state index in [9.17, 15) is 9.59 Å². The van der Waals surface area contributed by atoms with Gasteiger partial charge in [0.15, 0.2) is 0 Å². The van der Waals surface area contributed by atoms with Gasteiger partial charge in [-0.05, 0) is 24.1 Å². The van der Waals surface area contributed by atoms with Gasteiger partial charge < -0.3 is 0 Å². The molecular weight excluding hydrogens is 202 g/mol. The Morgan fingerprint density at radius 2 is 1.56 bits per heavy atom. The minimum absolute atomic E-state index is 0.270. The first-order chi connectivity index (χ1) is 7.72. The van der Waals surface area contributed by atoms with Crippen LogP contribution in [0.4, 0.5) is 5.69 Å². The van der Waals surface area contributed by atoms with Crippen LogP contribution in [-0.2, 0) is 16.0 Å². The van der Waals surface area contributed by atoms with E-state index in [1.54, 1.807) is 0 Å². The normalized spacial score (nSPS) is 14.9. The lowest BCUT2D eigenvalue weighted by Crippen LogP contribution is -2.29. The predicted octanol–water partition coefficient (Wildman–Crippen LogP) is 2.07. The number of aryl methyl sites for hydroxylation is 1. The van der Waals surface area contributed by atoms with Crippen LogP contribution in [0.25, 0.3) is 0 Å². The average Bonchev–Trinajstić information content (AvgIpc) is 2.61. The van der Waals surface area contributed by atoms with E-state index in [-0.39, 0.29) is 11.8 Å². The first kappa shape index (κ1) is 10.6. The summed E-state index contributed by atoms with van der Waals surface area (Å²) in [5, 5.41) is 0. The molecule has 0 N–H and O–H groups in total. The molecule has 0 aromatic heterocycles. The first-order valence-corrected chi connectivity index (χ1v) is 5.37. The van der Waals surface area contributed by atoms with Crippen LogP contribution in [0.3, 0.4) is 0 Å². The van der Waals surface area contributed by atoms with Crippen molar-refractivity contribution in [1.82, 2.24) is 0 Å². The first-order valence-electron chi connectivity index (χ1n) is 5.37. The summed E-state index contributed by atoms with van der Waals surface area (Å²) in [6.45, 7) is 2.12. The smallest absolute Gasteiger partial charge is 0.258 e. The zero-order chi connectivity index (χ0) is 11.5. The second kappa shape index (κ2) is 4.31. The third-order valence-corrected chi connectivity index (χ3v) is 2.54. The third kappa shape index (κ3) is 1.89. The number of anilines is 1. The van der Waals surface area contributed by atoms with Crippen molar-refractivity contribution in [2.75, 3.05) is 4.90 Å². The third-order valence-electron chi connectivity index (χ3n) is 2.54. The maximum Gasteiger partial charge on any atom is 0.258 e. The largest absolute Gasteiger partial charge is 0.269 e. The van der Waals surface area contributed by atoms with Crippen LogP contribution in [0, 0.1) is 0 Å². The Balaban J connectivity index is 2.22. The quantitative estimate of drug-likeness (QED) is 0.724. The van der Waals surface area contributed by atoms with Crippen LogP contribution in [0.5, 0.6) is 0 Å². The van der Waals surface area contributed by atoms with Gasteiger partial charge in [-0.25, -0.2) is 4.90 Å². The molecule has 1 aliphatic rings. The van der Waals surface area contributed by atoms with E-state index in [1.165, 1.54) is 22.6 Å². The van der Waals surface area contributed by atoms with E-state index in [4.69, 9.17) is 0 Å². The molecule has 0 saturated carbocycles. The number of carbonyl (C=O) groups is 2. The van der Waals surface area contributed by atoms with Crippen molar-refractivity contribution in [2.45, 2.75) is 19.8 Å². The number of hydrogen-bond donors (Lipinski definition) is 0. The van der Waals surface area contributed by atoms with Crippen molar-refractivity contribution >= 4 is 17.5 Å². The number of imide groups is 1. The minimum atomic E-state index is -0.270. The number of nitrogens with zero attached hydrogens (tertiary/aromatic N) is 1. The Hall–Kier alpha value is -1.90. The molecule has 1 aliphatic heterocycles. The zero-order valence-electron chi connectivity index (χ0n) is 9.14. The number of amides is 2. The molecule has 1 heterocycles. The molecule has 0 atom stereocenters. The molecule has 1 aromatic carbocycles. The van der Waals surface area contributed by atoms with Gasteiger partial charge >= 0.3 is 0 Å². The van der Waals surface area contributed by atoms with Gasteiger partial charge in [-0.1, -0.05) is 25.5 Å². The fourth-order valence-electron chi connectivity index (χ4n) is 1.76. The number of carbonyl (C=O) groups excluding carboxylic acids is 2.